The van der Waals surface area contributed by atoms with Gasteiger partial charge in [-0.25, -0.2) is 4.98 Å². The van der Waals surface area contributed by atoms with Crippen molar-refractivity contribution in [1.82, 2.24) is 4.98 Å². The van der Waals surface area contributed by atoms with E-state index in [1.165, 1.54) is 22.3 Å². The molecular formula is C21H28N3O4S+. The summed E-state index contributed by atoms with van der Waals surface area (Å²) >= 11 is 1.56. The Morgan fingerprint density at radius 1 is 1.21 bits per heavy atom. The van der Waals surface area contributed by atoms with Crippen LogP contribution >= 0.6 is 11.3 Å². The summed E-state index contributed by atoms with van der Waals surface area (Å²) in [7, 11) is 0. The number of hydrogen-bond acceptors (Lipinski definition) is 6. The first kappa shape index (κ1) is 20.1. The number of anilines is 1. The van der Waals surface area contributed by atoms with Crippen molar-refractivity contribution in [2.75, 3.05) is 57.5 Å². The maximum Gasteiger partial charge on any atom is 0.298 e. The second-order valence-electron chi connectivity index (χ2n) is 7.55. The molecule has 1 fully saturated rings. The van der Waals surface area contributed by atoms with E-state index in [0.29, 0.717) is 24.9 Å². The van der Waals surface area contributed by atoms with Crippen LogP contribution in [-0.2, 0) is 19.0 Å². The van der Waals surface area contributed by atoms with E-state index in [9.17, 15) is 4.79 Å². The summed E-state index contributed by atoms with van der Waals surface area (Å²) < 4.78 is 17.4. The van der Waals surface area contributed by atoms with E-state index in [1.807, 2.05) is 0 Å². The lowest BCUT2D eigenvalue weighted by Crippen LogP contribution is -3.14. The molecule has 29 heavy (non-hydrogen) atoms. The zero-order valence-electron chi connectivity index (χ0n) is 17.0. The van der Waals surface area contributed by atoms with Gasteiger partial charge in [0.15, 0.2) is 5.13 Å². The molecule has 0 unspecified atom stereocenters. The minimum absolute atomic E-state index is 0.185. The Morgan fingerprint density at radius 2 is 2.03 bits per heavy atom. The molecule has 0 atom stereocenters. The molecule has 3 heterocycles. The van der Waals surface area contributed by atoms with Crippen molar-refractivity contribution in [3.05, 3.63) is 35.3 Å². The number of fused-ring (bicyclic) bond motifs is 1. The Hall–Kier alpha value is -2.16. The topological polar surface area (TPSA) is 65.3 Å². The van der Waals surface area contributed by atoms with Gasteiger partial charge in [-0.15, -0.1) is 0 Å². The summed E-state index contributed by atoms with van der Waals surface area (Å²) in [4.78, 5) is 21.3. The second-order valence-corrected chi connectivity index (χ2v) is 8.53. The van der Waals surface area contributed by atoms with E-state index in [4.69, 9.17) is 19.2 Å². The van der Waals surface area contributed by atoms with Crippen molar-refractivity contribution in [2.24, 2.45) is 0 Å². The number of aryl methyl sites for hydroxylation is 2. The van der Waals surface area contributed by atoms with E-state index in [-0.39, 0.29) is 11.7 Å². The highest BCUT2D eigenvalue weighted by molar-refractivity contribution is 7.22. The fourth-order valence-corrected chi connectivity index (χ4v) is 4.82. The highest BCUT2D eigenvalue weighted by atomic mass is 32.1. The smallest absolute Gasteiger partial charge is 0.298 e. The predicted molar refractivity (Wildman–Crippen MR) is 112 cm³/mol. The standard InChI is InChI=1S/C21H27N3O4S/c1-15-12-16(2)19-17(13-15)22-21(29-19)24(20(25)18-14-27-10-11-28-18)5-3-4-23-6-8-26-9-7-23/h12-14H,3-11H2,1-2H3/p+1. The van der Waals surface area contributed by atoms with Crippen LogP contribution in [0.1, 0.15) is 17.5 Å². The molecule has 0 aliphatic carbocycles. The fourth-order valence-electron chi connectivity index (χ4n) is 3.78. The molecule has 156 valence electrons. The predicted octanol–water partition coefficient (Wildman–Crippen LogP) is 1.44. The van der Waals surface area contributed by atoms with Crippen LogP contribution in [0.25, 0.3) is 10.2 Å². The average molecular weight is 419 g/mol. The van der Waals surface area contributed by atoms with Crippen molar-refractivity contribution < 1.29 is 23.9 Å². The summed E-state index contributed by atoms with van der Waals surface area (Å²) in [5.74, 6) is 0.0669. The maximum absolute atomic E-state index is 13.2. The Kier molecular flexibility index (Phi) is 6.32. The summed E-state index contributed by atoms with van der Waals surface area (Å²) in [6, 6.07) is 4.22. The number of ether oxygens (including phenoxy) is 3. The normalized spacial score (nSPS) is 17.5. The van der Waals surface area contributed by atoms with Crippen LogP contribution in [0.4, 0.5) is 5.13 Å². The molecule has 7 nitrogen and oxygen atoms in total. The summed E-state index contributed by atoms with van der Waals surface area (Å²) in [6.07, 6.45) is 2.32. The zero-order chi connectivity index (χ0) is 20.2. The van der Waals surface area contributed by atoms with Gasteiger partial charge in [-0.1, -0.05) is 17.4 Å². The van der Waals surface area contributed by atoms with Gasteiger partial charge in [-0.3, -0.25) is 9.69 Å². The fraction of sp³-hybridized carbons (Fsp3) is 0.524. The van der Waals surface area contributed by atoms with Gasteiger partial charge in [0.25, 0.3) is 5.91 Å². The first-order valence-corrected chi connectivity index (χ1v) is 11.0. The average Bonchev–Trinajstić information content (AvgIpc) is 3.16. The van der Waals surface area contributed by atoms with Crippen LogP contribution in [0.3, 0.4) is 0 Å². The molecule has 1 aromatic heterocycles. The second kappa shape index (κ2) is 9.11. The number of thiazole rings is 1. The Bertz CT molecular complexity index is 905. The molecule has 2 aliphatic rings. The van der Waals surface area contributed by atoms with Crippen molar-refractivity contribution in [3.8, 4) is 0 Å². The van der Waals surface area contributed by atoms with E-state index in [0.717, 1.165) is 49.5 Å². The third-order valence-electron chi connectivity index (χ3n) is 5.26. The maximum atomic E-state index is 13.2. The van der Waals surface area contributed by atoms with Gasteiger partial charge in [0.05, 0.1) is 30.0 Å². The molecule has 1 aromatic carbocycles. The number of benzene rings is 1. The molecule has 0 saturated carbocycles. The number of quaternary nitrogens is 1. The van der Waals surface area contributed by atoms with Crippen molar-refractivity contribution >= 4 is 32.6 Å². The van der Waals surface area contributed by atoms with Gasteiger partial charge >= 0.3 is 0 Å². The van der Waals surface area contributed by atoms with Crippen molar-refractivity contribution in [1.29, 1.82) is 0 Å². The number of rotatable bonds is 6. The largest absolute Gasteiger partial charge is 0.494 e. The monoisotopic (exact) mass is 418 g/mol. The first-order valence-electron chi connectivity index (χ1n) is 10.2. The van der Waals surface area contributed by atoms with Crippen LogP contribution in [-0.4, -0.2) is 63.5 Å². The third-order valence-corrected chi connectivity index (χ3v) is 6.49. The van der Waals surface area contributed by atoms with Crippen LogP contribution in [0.2, 0.25) is 0 Å². The molecule has 8 heteroatoms. The highest BCUT2D eigenvalue weighted by Gasteiger charge is 2.27. The third kappa shape index (κ3) is 4.71. The minimum atomic E-state index is -0.185. The quantitative estimate of drug-likeness (QED) is 0.769. The Balaban J connectivity index is 1.56. The Morgan fingerprint density at radius 3 is 2.79 bits per heavy atom. The lowest BCUT2D eigenvalue weighted by Gasteiger charge is -2.26. The van der Waals surface area contributed by atoms with Crippen LogP contribution < -0.4 is 9.80 Å². The minimum Gasteiger partial charge on any atom is -0.494 e. The number of morpholine rings is 1. The van der Waals surface area contributed by atoms with E-state index >= 15 is 0 Å². The number of nitrogens with zero attached hydrogens (tertiary/aromatic N) is 2. The van der Waals surface area contributed by atoms with E-state index in [1.54, 1.807) is 16.2 Å². The molecule has 2 aromatic rings. The molecule has 1 amide bonds. The summed E-state index contributed by atoms with van der Waals surface area (Å²) in [5, 5.41) is 0.714. The van der Waals surface area contributed by atoms with Gasteiger partial charge in [0, 0.05) is 13.0 Å². The molecule has 0 radical (unpaired) electrons. The zero-order valence-corrected chi connectivity index (χ0v) is 17.8. The highest BCUT2D eigenvalue weighted by Crippen LogP contribution is 2.33. The lowest BCUT2D eigenvalue weighted by atomic mass is 10.1. The van der Waals surface area contributed by atoms with Crippen LogP contribution in [0, 0.1) is 13.8 Å². The van der Waals surface area contributed by atoms with Gasteiger partial charge in [-0.05, 0) is 31.0 Å². The molecule has 0 spiro atoms. The number of hydrogen-bond donors (Lipinski definition) is 1. The SMILES string of the molecule is Cc1cc(C)c2sc(N(CCC[NH+]3CCOCC3)C(=O)C3=COCCO3)nc2c1. The summed E-state index contributed by atoms with van der Waals surface area (Å²) in [5.41, 5.74) is 3.30. The number of aromatic nitrogens is 1. The first-order chi connectivity index (χ1) is 14.1. The Labute approximate surface area is 174 Å². The van der Waals surface area contributed by atoms with Crippen LogP contribution in [0.15, 0.2) is 24.2 Å². The van der Waals surface area contributed by atoms with E-state index < -0.39 is 0 Å². The van der Waals surface area contributed by atoms with Gasteiger partial charge in [0.1, 0.15) is 32.6 Å². The molecule has 1 saturated heterocycles. The number of carbonyl (C=O) groups excluding carboxylic acids is 1. The van der Waals surface area contributed by atoms with Gasteiger partial charge in [-0.2, -0.15) is 0 Å². The number of amides is 1. The number of carbonyl (C=O) groups is 1. The molecule has 1 N–H and O–H groups in total. The van der Waals surface area contributed by atoms with E-state index in [2.05, 4.69) is 26.0 Å². The molecular weight excluding hydrogens is 390 g/mol. The van der Waals surface area contributed by atoms with Gasteiger partial charge < -0.3 is 19.1 Å². The molecule has 0 bridgehead atoms. The molecule has 2 aliphatic heterocycles. The number of nitrogens with one attached hydrogen (secondary N) is 1. The van der Waals surface area contributed by atoms with Crippen LogP contribution in [0.5, 0.6) is 0 Å². The molecule has 4 rings (SSSR count). The van der Waals surface area contributed by atoms with Gasteiger partial charge in [0.2, 0.25) is 5.76 Å². The van der Waals surface area contributed by atoms with Crippen molar-refractivity contribution in [2.45, 2.75) is 20.3 Å². The summed E-state index contributed by atoms with van der Waals surface area (Å²) in [6.45, 7) is 10.3. The lowest BCUT2D eigenvalue weighted by molar-refractivity contribution is -0.908. The van der Waals surface area contributed by atoms with Crippen molar-refractivity contribution in [3.63, 3.8) is 0 Å².